The summed E-state index contributed by atoms with van der Waals surface area (Å²) in [5.41, 5.74) is 1.74. The van der Waals surface area contributed by atoms with Gasteiger partial charge in [-0.1, -0.05) is 0 Å². The highest BCUT2D eigenvalue weighted by Gasteiger charge is 2.03. The number of hydrogen-bond donors (Lipinski definition) is 1. The Morgan fingerprint density at radius 3 is 2.76 bits per heavy atom. The number of aromatic nitrogens is 1. The second kappa shape index (κ2) is 6.03. The van der Waals surface area contributed by atoms with Crippen LogP contribution < -0.4 is 0 Å². The van der Waals surface area contributed by atoms with Crippen molar-refractivity contribution < 1.29 is 0 Å². The molecule has 0 unspecified atom stereocenters. The van der Waals surface area contributed by atoms with Gasteiger partial charge in [0, 0.05) is 30.7 Å². The van der Waals surface area contributed by atoms with Crippen molar-refractivity contribution in [2.45, 2.75) is 32.2 Å². The molecule has 0 amide bonds. The average Bonchev–Trinajstić information content (AvgIpc) is 2.35. The summed E-state index contributed by atoms with van der Waals surface area (Å²) >= 11 is 0. The first kappa shape index (κ1) is 11.6. The van der Waals surface area contributed by atoms with E-state index in [0.717, 1.165) is 37.1 Å². The molecule has 1 aromatic rings. The normalized spacial score (nSPS) is 19.1. The Morgan fingerprint density at radius 2 is 1.94 bits per heavy atom. The van der Waals surface area contributed by atoms with Gasteiger partial charge in [-0.3, -0.25) is 9.98 Å². The van der Waals surface area contributed by atoms with Gasteiger partial charge in [-0.15, -0.1) is 0 Å². The fourth-order valence-corrected chi connectivity index (χ4v) is 1.67. The van der Waals surface area contributed by atoms with E-state index in [4.69, 9.17) is 5.41 Å². The van der Waals surface area contributed by atoms with Gasteiger partial charge in [-0.05, 0) is 37.0 Å². The Labute approximate surface area is 101 Å². The summed E-state index contributed by atoms with van der Waals surface area (Å²) in [6.45, 7) is 0.641. The van der Waals surface area contributed by atoms with Crippen LogP contribution in [-0.2, 0) is 6.54 Å². The van der Waals surface area contributed by atoms with Crippen LogP contribution in [-0.4, -0.2) is 22.7 Å². The summed E-state index contributed by atoms with van der Waals surface area (Å²) < 4.78 is 0. The first-order valence-corrected chi connectivity index (χ1v) is 5.88. The quantitative estimate of drug-likeness (QED) is 0.831. The van der Waals surface area contributed by atoms with Gasteiger partial charge in [0.05, 0.1) is 6.54 Å². The van der Waals surface area contributed by atoms with E-state index in [0.29, 0.717) is 12.3 Å². The van der Waals surface area contributed by atoms with Crippen molar-refractivity contribution in [3.8, 4) is 0 Å². The predicted molar refractivity (Wildman–Crippen MR) is 70.1 cm³/mol. The number of nitrogens with zero attached hydrogens (tertiary/aromatic N) is 3. The number of aliphatic imine (C=N–C) groups is 2. The molecule has 2 rings (SSSR count). The Morgan fingerprint density at radius 1 is 1.18 bits per heavy atom. The average molecular weight is 228 g/mol. The van der Waals surface area contributed by atoms with E-state index in [2.05, 4.69) is 15.0 Å². The van der Waals surface area contributed by atoms with Crippen LogP contribution in [0.5, 0.6) is 0 Å². The van der Waals surface area contributed by atoms with E-state index in [1.807, 2.05) is 12.1 Å². The zero-order valence-electron chi connectivity index (χ0n) is 9.76. The van der Waals surface area contributed by atoms with Gasteiger partial charge >= 0.3 is 0 Å². The molecule has 0 fully saturated rings. The molecule has 4 heteroatoms. The van der Waals surface area contributed by atoms with E-state index < -0.39 is 0 Å². The third-order valence-electron chi connectivity index (χ3n) is 2.66. The standard InChI is InChI=1S/C13H16N4/c14-12-3-1-2-4-13(17-10-12)16-9-11-5-7-15-8-6-11/h5-8,10,14H,1-4,9H2. The van der Waals surface area contributed by atoms with Crippen LogP contribution in [0.3, 0.4) is 0 Å². The molecule has 0 atom stereocenters. The largest absolute Gasteiger partial charge is 0.304 e. The molecule has 88 valence electrons. The number of nitrogens with one attached hydrogen (secondary N) is 1. The molecule has 0 saturated heterocycles. The highest BCUT2D eigenvalue weighted by molar-refractivity contribution is 6.31. The van der Waals surface area contributed by atoms with E-state index in [1.165, 1.54) is 0 Å². The second-order valence-electron chi connectivity index (χ2n) is 4.08. The lowest BCUT2D eigenvalue weighted by molar-refractivity contribution is 0.786. The Balaban J connectivity index is 2.02. The number of hydrogen-bond acceptors (Lipinski definition) is 3. The highest BCUT2D eigenvalue weighted by Crippen LogP contribution is 2.07. The molecule has 0 aromatic carbocycles. The maximum absolute atomic E-state index is 7.60. The van der Waals surface area contributed by atoms with Crippen molar-refractivity contribution >= 4 is 17.8 Å². The maximum atomic E-state index is 7.60. The molecule has 0 aliphatic carbocycles. The third kappa shape index (κ3) is 3.90. The topological polar surface area (TPSA) is 61.5 Å². The van der Waals surface area contributed by atoms with E-state index in [9.17, 15) is 0 Å². The number of rotatable bonds is 2. The minimum Gasteiger partial charge on any atom is -0.304 e. The van der Waals surface area contributed by atoms with Gasteiger partial charge < -0.3 is 5.41 Å². The van der Waals surface area contributed by atoms with Gasteiger partial charge in [-0.25, -0.2) is 4.99 Å². The molecular formula is C13H16N4. The van der Waals surface area contributed by atoms with Crippen molar-refractivity contribution in [2.24, 2.45) is 9.98 Å². The molecule has 17 heavy (non-hydrogen) atoms. The van der Waals surface area contributed by atoms with Crippen LogP contribution in [0.4, 0.5) is 0 Å². The van der Waals surface area contributed by atoms with Crippen LogP contribution >= 0.6 is 0 Å². The molecule has 0 saturated carbocycles. The molecule has 1 N–H and O–H groups in total. The SMILES string of the molecule is N=C1C=NC(=NCc2ccncc2)CCCC1. The minimum atomic E-state index is 0.598. The monoisotopic (exact) mass is 228 g/mol. The van der Waals surface area contributed by atoms with Gasteiger partial charge in [-0.2, -0.15) is 0 Å². The molecule has 2 heterocycles. The minimum absolute atomic E-state index is 0.598. The summed E-state index contributed by atoms with van der Waals surface area (Å²) in [6, 6.07) is 3.91. The van der Waals surface area contributed by atoms with Gasteiger partial charge in [0.1, 0.15) is 5.84 Å². The van der Waals surface area contributed by atoms with Crippen LogP contribution in [0.1, 0.15) is 31.2 Å². The Bertz CT molecular complexity index is 434. The molecule has 0 spiro atoms. The summed E-state index contributed by atoms with van der Waals surface area (Å²) in [6.07, 6.45) is 9.04. The van der Waals surface area contributed by atoms with Crippen LogP contribution in [0.15, 0.2) is 34.5 Å². The zero-order chi connectivity index (χ0) is 11.9. The predicted octanol–water partition coefficient (Wildman–Crippen LogP) is 2.64. The molecule has 1 aliphatic rings. The molecule has 1 aliphatic heterocycles. The van der Waals surface area contributed by atoms with Crippen molar-refractivity contribution in [3.05, 3.63) is 30.1 Å². The lowest BCUT2D eigenvalue weighted by atomic mass is 10.1. The molecule has 0 bridgehead atoms. The first-order valence-electron chi connectivity index (χ1n) is 5.88. The number of amidine groups is 1. The van der Waals surface area contributed by atoms with Crippen molar-refractivity contribution in [1.29, 1.82) is 5.41 Å². The third-order valence-corrected chi connectivity index (χ3v) is 2.66. The zero-order valence-corrected chi connectivity index (χ0v) is 9.76. The number of pyridine rings is 1. The smallest absolute Gasteiger partial charge is 0.123 e. The maximum Gasteiger partial charge on any atom is 0.123 e. The molecule has 0 radical (unpaired) electrons. The lowest BCUT2D eigenvalue weighted by Crippen LogP contribution is -2.06. The highest BCUT2D eigenvalue weighted by atomic mass is 14.9. The van der Waals surface area contributed by atoms with Gasteiger partial charge in [0.2, 0.25) is 0 Å². The molecular weight excluding hydrogens is 212 g/mol. The van der Waals surface area contributed by atoms with Crippen molar-refractivity contribution in [1.82, 2.24) is 4.98 Å². The first-order chi connectivity index (χ1) is 8.34. The summed E-state index contributed by atoms with van der Waals surface area (Å²) in [4.78, 5) is 12.7. The van der Waals surface area contributed by atoms with Gasteiger partial charge in [0.15, 0.2) is 0 Å². The van der Waals surface area contributed by atoms with E-state index in [-0.39, 0.29) is 0 Å². The van der Waals surface area contributed by atoms with Crippen LogP contribution in [0.25, 0.3) is 0 Å². The Kier molecular flexibility index (Phi) is 4.13. The fraction of sp³-hybridized carbons (Fsp3) is 0.385. The lowest BCUT2D eigenvalue weighted by Gasteiger charge is -2.06. The summed E-state index contributed by atoms with van der Waals surface area (Å²) in [7, 11) is 0. The molecule has 4 nitrogen and oxygen atoms in total. The van der Waals surface area contributed by atoms with E-state index in [1.54, 1.807) is 18.6 Å². The van der Waals surface area contributed by atoms with Crippen molar-refractivity contribution in [3.63, 3.8) is 0 Å². The molecule has 1 aromatic heterocycles. The van der Waals surface area contributed by atoms with Gasteiger partial charge in [0.25, 0.3) is 0 Å². The summed E-state index contributed by atoms with van der Waals surface area (Å²) in [5, 5.41) is 7.60. The Hall–Kier alpha value is -1.84. The van der Waals surface area contributed by atoms with Crippen LogP contribution in [0.2, 0.25) is 0 Å². The van der Waals surface area contributed by atoms with E-state index >= 15 is 0 Å². The second-order valence-corrected chi connectivity index (χ2v) is 4.08. The van der Waals surface area contributed by atoms with Crippen LogP contribution in [0, 0.1) is 5.41 Å². The van der Waals surface area contributed by atoms with Crippen molar-refractivity contribution in [2.75, 3.05) is 0 Å². The summed E-state index contributed by atoms with van der Waals surface area (Å²) in [5.74, 6) is 0.853. The fourth-order valence-electron chi connectivity index (χ4n) is 1.67.